The fourth-order valence-electron chi connectivity index (χ4n) is 3.21. The maximum atomic E-state index is 5.75. The molecular weight excluding hydrogens is 306 g/mol. The summed E-state index contributed by atoms with van der Waals surface area (Å²) >= 11 is 0. The molecule has 2 aliphatic rings. The lowest BCUT2D eigenvalue weighted by Gasteiger charge is -2.38. The third-order valence-corrected chi connectivity index (χ3v) is 4.69. The number of hydrogen-bond acceptors (Lipinski definition) is 7. The molecule has 7 nitrogen and oxygen atoms in total. The zero-order chi connectivity index (χ0) is 16.5. The molecule has 24 heavy (non-hydrogen) atoms. The lowest BCUT2D eigenvalue weighted by atomic mass is 10.1. The van der Waals surface area contributed by atoms with Crippen LogP contribution in [0.2, 0.25) is 0 Å². The lowest BCUT2D eigenvalue weighted by Crippen LogP contribution is -2.47. The van der Waals surface area contributed by atoms with Gasteiger partial charge in [0.2, 0.25) is 12.7 Å². The molecule has 0 saturated carbocycles. The molecule has 2 aromatic rings. The predicted octanol–water partition coefficient (Wildman–Crippen LogP) is 1.67. The van der Waals surface area contributed by atoms with Crippen molar-refractivity contribution in [3.63, 3.8) is 0 Å². The Morgan fingerprint density at radius 3 is 2.67 bits per heavy atom. The zero-order valence-corrected chi connectivity index (χ0v) is 13.7. The molecule has 0 aliphatic carbocycles. The summed E-state index contributed by atoms with van der Waals surface area (Å²) in [7, 11) is 0. The third-order valence-electron chi connectivity index (χ3n) is 4.69. The second-order valence-electron chi connectivity index (χ2n) is 6.09. The number of aromatic nitrogens is 2. The maximum absolute atomic E-state index is 5.75. The molecule has 7 heteroatoms. The summed E-state index contributed by atoms with van der Waals surface area (Å²) in [5.74, 6) is 2.89. The Labute approximate surface area is 141 Å². The summed E-state index contributed by atoms with van der Waals surface area (Å²) in [5.41, 5.74) is 6.99. The van der Waals surface area contributed by atoms with Crippen LogP contribution in [0.5, 0.6) is 11.5 Å². The van der Waals surface area contributed by atoms with Gasteiger partial charge in [-0.05, 0) is 30.7 Å². The van der Waals surface area contributed by atoms with Crippen LogP contribution in [0.3, 0.4) is 0 Å². The second kappa shape index (κ2) is 6.16. The minimum Gasteiger partial charge on any atom is -0.454 e. The normalized spacial score (nSPS) is 18.6. The molecule has 126 valence electrons. The van der Waals surface area contributed by atoms with Crippen molar-refractivity contribution in [3.05, 3.63) is 36.0 Å². The number of benzene rings is 1. The van der Waals surface area contributed by atoms with E-state index in [4.69, 9.17) is 15.2 Å². The number of nitrogen functional groups attached to an aromatic ring is 1. The van der Waals surface area contributed by atoms with Gasteiger partial charge in [-0.3, -0.25) is 4.90 Å². The standard InChI is InChI=1S/C17H21N5O2/c1-12(13-2-3-14-15(10-13)24-11-23-14)21-6-8-22(9-7-21)17-19-5-4-16(18)20-17/h2-5,10,12H,6-9,11H2,1H3,(H2,18,19,20). The lowest BCUT2D eigenvalue weighted by molar-refractivity contribution is 0.173. The number of rotatable bonds is 3. The molecule has 2 aliphatic heterocycles. The van der Waals surface area contributed by atoms with E-state index in [-0.39, 0.29) is 0 Å². The highest BCUT2D eigenvalue weighted by Gasteiger charge is 2.24. The molecule has 2 N–H and O–H groups in total. The minimum atomic E-state index is 0.312. The van der Waals surface area contributed by atoms with E-state index in [1.165, 1.54) is 5.56 Å². The van der Waals surface area contributed by atoms with Gasteiger partial charge < -0.3 is 20.1 Å². The molecule has 1 aromatic heterocycles. The van der Waals surface area contributed by atoms with Crippen LogP contribution in [-0.4, -0.2) is 47.8 Å². The van der Waals surface area contributed by atoms with Gasteiger partial charge in [-0.1, -0.05) is 6.07 Å². The van der Waals surface area contributed by atoms with E-state index < -0.39 is 0 Å². The van der Waals surface area contributed by atoms with E-state index in [0.29, 0.717) is 24.6 Å². The zero-order valence-electron chi connectivity index (χ0n) is 13.7. The number of nitrogens with zero attached hydrogens (tertiary/aromatic N) is 4. The smallest absolute Gasteiger partial charge is 0.231 e. The molecule has 1 fully saturated rings. The first-order valence-electron chi connectivity index (χ1n) is 8.18. The van der Waals surface area contributed by atoms with Gasteiger partial charge in [0.25, 0.3) is 0 Å². The molecule has 1 atom stereocenters. The number of piperazine rings is 1. The summed E-state index contributed by atoms with van der Waals surface area (Å²) in [4.78, 5) is 13.3. The average molecular weight is 327 g/mol. The Balaban J connectivity index is 1.42. The Morgan fingerprint density at radius 1 is 1.08 bits per heavy atom. The van der Waals surface area contributed by atoms with Crippen molar-refractivity contribution >= 4 is 11.8 Å². The van der Waals surface area contributed by atoms with Crippen LogP contribution in [0.1, 0.15) is 18.5 Å². The van der Waals surface area contributed by atoms with Crippen LogP contribution in [0.4, 0.5) is 11.8 Å². The summed E-state index contributed by atoms with van der Waals surface area (Å²) in [5, 5.41) is 0. The first-order chi connectivity index (χ1) is 11.7. The summed E-state index contributed by atoms with van der Waals surface area (Å²) in [6.07, 6.45) is 1.71. The summed E-state index contributed by atoms with van der Waals surface area (Å²) in [6.45, 7) is 6.22. The molecule has 1 unspecified atom stereocenters. The van der Waals surface area contributed by atoms with Crippen LogP contribution in [0.25, 0.3) is 0 Å². The van der Waals surface area contributed by atoms with E-state index in [1.54, 1.807) is 12.3 Å². The molecule has 1 saturated heterocycles. The number of fused-ring (bicyclic) bond motifs is 1. The van der Waals surface area contributed by atoms with Gasteiger partial charge in [-0.25, -0.2) is 4.98 Å². The largest absolute Gasteiger partial charge is 0.454 e. The van der Waals surface area contributed by atoms with Gasteiger partial charge in [-0.2, -0.15) is 4.98 Å². The third kappa shape index (κ3) is 2.82. The topological polar surface area (TPSA) is 76.7 Å². The Kier molecular flexibility index (Phi) is 3.86. The monoisotopic (exact) mass is 327 g/mol. The number of anilines is 2. The number of hydrogen-bond donors (Lipinski definition) is 1. The highest BCUT2D eigenvalue weighted by Crippen LogP contribution is 2.35. The van der Waals surface area contributed by atoms with E-state index >= 15 is 0 Å². The SMILES string of the molecule is CC(c1ccc2c(c1)OCO2)N1CCN(c2nccc(N)n2)CC1. The predicted molar refractivity (Wildman–Crippen MR) is 91.2 cm³/mol. The van der Waals surface area contributed by atoms with E-state index in [1.807, 2.05) is 6.07 Å². The average Bonchev–Trinajstić information content (AvgIpc) is 3.09. The van der Waals surface area contributed by atoms with Crippen molar-refractivity contribution in [2.24, 2.45) is 0 Å². The molecule has 1 aromatic carbocycles. The van der Waals surface area contributed by atoms with Gasteiger partial charge in [0.15, 0.2) is 11.5 Å². The highest BCUT2D eigenvalue weighted by atomic mass is 16.7. The first kappa shape index (κ1) is 15.0. The highest BCUT2D eigenvalue weighted by molar-refractivity contribution is 5.45. The van der Waals surface area contributed by atoms with Crippen molar-refractivity contribution in [3.8, 4) is 11.5 Å². The van der Waals surface area contributed by atoms with E-state index in [9.17, 15) is 0 Å². The molecule has 4 rings (SSSR count). The second-order valence-corrected chi connectivity index (χ2v) is 6.09. The van der Waals surface area contributed by atoms with Crippen LogP contribution in [0.15, 0.2) is 30.5 Å². The van der Waals surface area contributed by atoms with Gasteiger partial charge in [0.05, 0.1) is 0 Å². The quantitative estimate of drug-likeness (QED) is 0.919. The van der Waals surface area contributed by atoms with E-state index in [0.717, 1.165) is 37.7 Å². The molecule has 0 spiro atoms. The number of ether oxygens (including phenoxy) is 2. The fraction of sp³-hybridized carbons (Fsp3) is 0.412. The molecule has 0 radical (unpaired) electrons. The maximum Gasteiger partial charge on any atom is 0.231 e. The minimum absolute atomic E-state index is 0.312. The van der Waals surface area contributed by atoms with Gasteiger partial charge >= 0.3 is 0 Å². The van der Waals surface area contributed by atoms with Crippen molar-refractivity contribution < 1.29 is 9.47 Å². The van der Waals surface area contributed by atoms with Crippen LogP contribution < -0.4 is 20.1 Å². The van der Waals surface area contributed by atoms with Gasteiger partial charge in [-0.15, -0.1) is 0 Å². The van der Waals surface area contributed by atoms with Gasteiger partial charge in [0, 0.05) is 38.4 Å². The Morgan fingerprint density at radius 2 is 1.88 bits per heavy atom. The molecule has 3 heterocycles. The first-order valence-corrected chi connectivity index (χ1v) is 8.18. The van der Waals surface area contributed by atoms with Crippen LogP contribution in [-0.2, 0) is 0 Å². The van der Waals surface area contributed by atoms with E-state index in [2.05, 4.69) is 38.8 Å². The Hall–Kier alpha value is -2.54. The van der Waals surface area contributed by atoms with Crippen LogP contribution in [0, 0.1) is 0 Å². The van der Waals surface area contributed by atoms with Gasteiger partial charge in [0.1, 0.15) is 5.82 Å². The van der Waals surface area contributed by atoms with Crippen LogP contribution >= 0.6 is 0 Å². The summed E-state index contributed by atoms with van der Waals surface area (Å²) in [6, 6.07) is 8.22. The molecule has 0 bridgehead atoms. The molecule has 0 amide bonds. The Bertz CT molecular complexity index is 731. The number of nitrogens with two attached hydrogens (primary N) is 1. The molecular formula is C17H21N5O2. The fourth-order valence-corrected chi connectivity index (χ4v) is 3.21. The van der Waals surface area contributed by atoms with Crippen molar-refractivity contribution in [2.75, 3.05) is 43.6 Å². The van der Waals surface area contributed by atoms with Crippen molar-refractivity contribution in [1.82, 2.24) is 14.9 Å². The van der Waals surface area contributed by atoms with Crippen molar-refractivity contribution in [1.29, 1.82) is 0 Å². The van der Waals surface area contributed by atoms with Crippen molar-refractivity contribution in [2.45, 2.75) is 13.0 Å². The summed E-state index contributed by atoms with van der Waals surface area (Å²) < 4.78 is 10.9.